The molecule has 1 aliphatic rings. The van der Waals surface area contributed by atoms with E-state index in [4.69, 9.17) is 5.21 Å². The van der Waals surface area contributed by atoms with Crippen molar-refractivity contribution in [3.05, 3.63) is 0 Å². The van der Waals surface area contributed by atoms with Crippen molar-refractivity contribution in [1.29, 1.82) is 0 Å². The maximum Gasteiger partial charge on any atom is 0.276 e. The van der Waals surface area contributed by atoms with Crippen LogP contribution in [-0.4, -0.2) is 32.6 Å². The quantitative estimate of drug-likeness (QED) is 0.387. The van der Waals surface area contributed by atoms with Crippen LogP contribution in [0.5, 0.6) is 0 Å². The number of rotatable bonds is 2. The van der Waals surface area contributed by atoms with Crippen LogP contribution in [0.15, 0.2) is 0 Å². The van der Waals surface area contributed by atoms with Crippen molar-refractivity contribution in [1.82, 2.24) is 14.9 Å². The van der Waals surface area contributed by atoms with Gasteiger partial charge in [0.1, 0.15) is 0 Å². The molecule has 0 aliphatic carbocycles. The van der Waals surface area contributed by atoms with E-state index in [1.807, 2.05) is 13.8 Å². The summed E-state index contributed by atoms with van der Waals surface area (Å²) in [5.74, 6) is -0.588. The van der Waals surface area contributed by atoms with Gasteiger partial charge in [0.15, 0.2) is 0 Å². The van der Waals surface area contributed by atoms with Crippen LogP contribution in [0, 0.1) is 5.41 Å². The van der Waals surface area contributed by atoms with Gasteiger partial charge in [-0.3, -0.25) is 10.0 Å². The summed E-state index contributed by atoms with van der Waals surface area (Å²) in [6.45, 7) is 5.73. The smallest absolute Gasteiger partial charge is 0.276 e. The first-order valence-corrected chi connectivity index (χ1v) is 6.63. The molecule has 1 heterocycles. The molecular formula is C8H19N3O4S. The molecule has 16 heavy (non-hydrogen) atoms. The van der Waals surface area contributed by atoms with E-state index in [0.717, 1.165) is 0 Å². The van der Waals surface area contributed by atoms with E-state index in [2.05, 4.69) is 9.44 Å². The summed E-state index contributed by atoms with van der Waals surface area (Å²) in [6.07, 6.45) is 0.426. The van der Waals surface area contributed by atoms with E-state index in [0.29, 0.717) is 6.42 Å². The molecule has 0 aromatic carbocycles. The van der Waals surface area contributed by atoms with Crippen molar-refractivity contribution in [2.24, 2.45) is 5.41 Å². The van der Waals surface area contributed by atoms with E-state index in [1.54, 1.807) is 12.4 Å². The van der Waals surface area contributed by atoms with Crippen LogP contribution in [0.1, 0.15) is 27.2 Å². The predicted octanol–water partition coefficient (Wildman–Crippen LogP) is -0.648. The topological polar surface area (TPSA) is 108 Å². The Kier molecular flexibility index (Phi) is 5.87. The van der Waals surface area contributed by atoms with Gasteiger partial charge < -0.3 is 0 Å². The molecule has 4 N–H and O–H groups in total. The zero-order valence-corrected chi connectivity index (χ0v) is 10.5. The third-order valence-corrected chi connectivity index (χ3v) is 3.51. The fourth-order valence-corrected chi connectivity index (χ4v) is 2.30. The molecule has 96 valence electrons. The van der Waals surface area contributed by atoms with Gasteiger partial charge in [0.05, 0.1) is 5.41 Å². The average Bonchev–Trinajstić information content (AvgIpc) is 2.31. The third kappa shape index (κ3) is 3.41. The minimum absolute atomic E-state index is 0.00870. The van der Waals surface area contributed by atoms with Crippen molar-refractivity contribution in [2.45, 2.75) is 27.2 Å². The molecule has 0 unspecified atom stereocenters. The Bertz CT molecular complexity index is 314. The van der Waals surface area contributed by atoms with Crippen molar-refractivity contribution in [3.63, 3.8) is 0 Å². The van der Waals surface area contributed by atoms with E-state index >= 15 is 0 Å². The molecule has 1 amide bonds. The maximum atomic E-state index is 11.3. The number of nitrogens with one attached hydrogen (secondary N) is 3. The molecule has 0 aromatic rings. The second kappa shape index (κ2) is 6.14. The lowest BCUT2D eigenvalue weighted by molar-refractivity contribution is -0.139. The summed E-state index contributed by atoms with van der Waals surface area (Å²) < 4.78 is 26.3. The normalized spacial score (nSPS) is 21.5. The number of hydrogen-bond donors (Lipinski definition) is 4. The summed E-state index contributed by atoms with van der Waals surface area (Å²) in [4.78, 5) is 11.3. The maximum absolute atomic E-state index is 11.3. The molecular weight excluding hydrogens is 234 g/mol. The molecule has 1 rings (SSSR count). The number of hydroxylamine groups is 1. The highest BCUT2D eigenvalue weighted by atomic mass is 32.2. The molecule has 0 bridgehead atoms. The lowest BCUT2D eigenvalue weighted by atomic mass is 9.84. The van der Waals surface area contributed by atoms with Crippen LogP contribution in [0.25, 0.3) is 0 Å². The molecule has 0 saturated carbocycles. The molecule has 1 fully saturated rings. The molecule has 0 radical (unpaired) electrons. The van der Waals surface area contributed by atoms with Crippen molar-refractivity contribution < 1.29 is 18.4 Å². The third-order valence-electron chi connectivity index (χ3n) is 2.46. The van der Waals surface area contributed by atoms with Gasteiger partial charge in [-0.25, -0.2) is 14.9 Å². The lowest BCUT2D eigenvalue weighted by Gasteiger charge is -2.34. The van der Waals surface area contributed by atoms with Gasteiger partial charge in [0, 0.05) is 13.1 Å². The van der Waals surface area contributed by atoms with Crippen LogP contribution in [0.2, 0.25) is 0 Å². The zero-order chi connectivity index (χ0) is 12.8. The first kappa shape index (κ1) is 15.3. The summed E-state index contributed by atoms with van der Waals surface area (Å²) in [5, 5.41) is 8.51. The standard InChI is InChI=1S/C6H13N3O4S.C2H6/c1-2-6(5(10)9-11)3-7-14(12,13)8-4-6;1-2/h7-8,11H,2-4H2,1H3,(H,9,10);1-2H3. The molecule has 7 nitrogen and oxygen atoms in total. The van der Waals surface area contributed by atoms with Crippen LogP contribution >= 0.6 is 0 Å². The zero-order valence-electron chi connectivity index (χ0n) is 9.70. The van der Waals surface area contributed by atoms with E-state index in [-0.39, 0.29) is 13.1 Å². The second-order valence-corrected chi connectivity index (χ2v) is 4.80. The fraction of sp³-hybridized carbons (Fsp3) is 0.875. The van der Waals surface area contributed by atoms with Gasteiger partial charge >= 0.3 is 0 Å². The highest BCUT2D eigenvalue weighted by Crippen LogP contribution is 2.23. The summed E-state index contributed by atoms with van der Waals surface area (Å²) >= 11 is 0. The minimum Gasteiger partial charge on any atom is -0.289 e. The highest BCUT2D eigenvalue weighted by Gasteiger charge is 2.41. The van der Waals surface area contributed by atoms with Crippen molar-refractivity contribution in [2.75, 3.05) is 13.1 Å². The summed E-state index contributed by atoms with van der Waals surface area (Å²) in [5.41, 5.74) is 0.623. The number of hydrogen-bond acceptors (Lipinski definition) is 4. The average molecular weight is 253 g/mol. The van der Waals surface area contributed by atoms with Gasteiger partial charge in [0.25, 0.3) is 16.1 Å². The van der Waals surface area contributed by atoms with E-state index in [9.17, 15) is 13.2 Å². The SMILES string of the molecule is CC.CCC1(C(=O)NO)CNS(=O)(=O)NC1. The Morgan fingerprint density at radius 2 is 1.81 bits per heavy atom. The van der Waals surface area contributed by atoms with Crippen LogP contribution in [0.3, 0.4) is 0 Å². The number of carbonyl (C=O) groups is 1. The Morgan fingerprint density at radius 1 is 1.38 bits per heavy atom. The first-order valence-electron chi connectivity index (χ1n) is 5.14. The van der Waals surface area contributed by atoms with Gasteiger partial charge in [0.2, 0.25) is 0 Å². The summed E-state index contributed by atoms with van der Waals surface area (Å²) in [7, 11) is -3.47. The molecule has 0 spiro atoms. The molecule has 0 atom stereocenters. The second-order valence-electron chi connectivity index (χ2n) is 3.22. The first-order chi connectivity index (χ1) is 7.46. The summed E-state index contributed by atoms with van der Waals surface area (Å²) in [6, 6.07) is 0. The number of amides is 1. The Labute approximate surface area is 95.7 Å². The van der Waals surface area contributed by atoms with E-state index < -0.39 is 21.5 Å². The Balaban J connectivity index is 0.00000106. The predicted molar refractivity (Wildman–Crippen MR) is 58.9 cm³/mol. The highest BCUT2D eigenvalue weighted by molar-refractivity contribution is 7.87. The Hall–Kier alpha value is -0.700. The van der Waals surface area contributed by atoms with Crippen LogP contribution < -0.4 is 14.9 Å². The van der Waals surface area contributed by atoms with Gasteiger partial charge in [-0.05, 0) is 6.42 Å². The van der Waals surface area contributed by atoms with Crippen molar-refractivity contribution in [3.8, 4) is 0 Å². The Morgan fingerprint density at radius 3 is 2.12 bits per heavy atom. The molecule has 0 aromatic heterocycles. The van der Waals surface area contributed by atoms with E-state index in [1.165, 1.54) is 0 Å². The largest absolute Gasteiger partial charge is 0.289 e. The minimum atomic E-state index is -3.47. The number of carbonyl (C=O) groups excluding carboxylic acids is 1. The van der Waals surface area contributed by atoms with Gasteiger partial charge in [-0.15, -0.1) is 0 Å². The van der Waals surface area contributed by atoms with Gasteiger partial charge in [-0.2, -0.15) is 8.42 Å². The molecule has 8 heteroatoms. The van der Waals surface area contributed by atoms with Crippen molar-refractivity contribution >= 4 is 16.1 Å². The monoisotopic (exact) mass is 253 g/mol. The van der Waals surface area contributed by atoms with Crippen LogP contribution in [-0.2, 0) is 15.0 Å². The molecule has 1 aliphatic heterocycles. The fourth-order valence-electron chi connectivity index (χ4n) is 1.27. The lowest BCUT2D eigenvalue weighted by Crippen LogP contribution is -2.60. The molecule has 1 saturated heterocycles. The van der Waals surface area contributed by atoms with Crippen LogP contribution in [0.4, 0.5) is 0 Å². The van der Waals surface area contributed by atoms with Gasteiger partial charge in [-0.1, -0.05) is 20.8 Å².